The van der Waals surface area contributed by atoms with E-state index in [0.29, 0.717) is 32.2 Å². The van der Waals surface area contributed by atoms with Crippen LogP contribution in [0.2, 0.25) is 0 Å². The van der Waals surface area contributed by atoms with Gasteiger partial charge < -0.3 is 10.2 Å². The van der Waals surface area contributed by atoms with Crippen molar-refractivity contribution in [1.29, 1.82) is 5.41 Å². The molecule has 132 valence electrons. The fraction of sp³-hybridized carbons (Fsp3) is 0.0952. The van der Waals surface area contributed by atoms with Crippen LogP contribution in [-0.2, 0) is 0 Å². The van der Waals surface area contributed by atoms with Crippen LogP contribution in [0.3, 0.4) is 0 Å². The molecule has 0 aromatic heterocycles. The van der Waals surface area contributed by atoms with E-state index in [2.05, 4.69) is 37.9 Å². The van der Waals surface area contributed by atoms with Gasteiger partial charge in [0.2, 0.25) is 0 Å². The minimum atomic E-state index is 0.305. The Bertz CT molecular complexity index is 1120. The first kappa shape index (κ1) is 18.4. The van der Waals surface area contributed by atoms with Gasteiger partial charge in [-0.3, -0.25) is 5.41 Å². The Morgan fingerprint density at radius 2 is 1.92 bits per heavy atom. The van der Waals surface area contributed by atoms with Crippen LogP contribution >= 0.6 is 25.3 Å². The number of nitrogens with one attached hydrogen (secondary N) is 1. The maximum absolute atomic E-state index is 8.06. The third-order valence-corrected chi connectivity index (χ3v) is 5.29. The van der Waals surface area contributed by atoms with Crippen molar-refractivity contribution in [3.8, 4) is 11.3 Å². The Hall–Kier alpha value is -2.37. The van der Waals surface area contributed by atoms with E-state index in [0.717, 1.165) is 27.7 Å². The maximum Gasteiger partial charge on any atom is 0.150 e. The minimum absolute atomic E-state index is 0.305. The number of hydrogen-bond acceptors (Lipinski definition) is 5. The number of hydrogen-bond donors (Lipinski definition) is 4. The lowest BCUT2D eigenvalue weighted by Gasteiger charge is -2.20. The molecule has 3 nitrogen and oxygen atoms in total. The van der Waals surface area contributed by atoms with Crippen molar-refractivity contribution in [3.05, 3.63) is 65.6 Å². The van der Waals surface area contributed by atoms with Gasteiger partial charge in [-0.25, -0.2) is 0 Å². The van der Waals surface area contributed by atoms with Gasteiger partial charge in [0.1, 0.15) is 0 Å². The Morgan fingerprint density at radius 3 is 2.58 bits per heavy atom. The largest absolute Gasteiger partial charge is 0.454 e. The summed E-state index contributed by atoms with van der Waals surface area (Å²) in [5.74, 6) is 0.551. The highest BCUT2D eigenvalue weighted by molar-refractivity contribution is 7.80. The normalized spacial score (nSPS) is 12.8. The van der Waals surface area contributed by atoms with Crippen LogP contribution in [0.4, 0.5) is 5.69 Å². The van der Waals surface area contributed by atoms with E-state index in [4.69, 9.17) is 15.6 Å². The van der Waals surface area contributed by atoms with Gasteiger partial charge in [0.05, 0.1) is 15.1 Å². The van der Waals surface area contributed by atoms with E-state index >= 15 is 0 Å². The summed E-state index contributed by atoms with van der Waals surface area (Å²) in [6.07, 6.45) is 5.80. The summed E-state index contributed by atoms with van der Waals surface area (Å²) in [4.78, 5) is 1.07. The first-order valence-corrected chi connectivity index (χ1v) is 9.01. The quantitative estimate of drug-likeness (QED) is 0.203. The molecular weight excluding hydrogens is 360 g/mol. The van der Waals surface area contributed by atoms with Crippen molar-refractivity contribution in [2.24, 2.45) is 0 Å². The van der Waals surface area contributed by atoms with E-state index < -0.39 is 0 Å². The van der Waals surface area contributed by atoms with Gasteiger partial charge in [-0.1, -0.05) is 24.8 Å². The summed E-state index contributed by atoms with van der Waals surface area (Å²) in [6, 6.07) is 7.40. The van der Waals surface area contributed by atoms with Crippen LogP contribution in [0, 0.1) is 5.41 Å². The second-order valence-electron chi connectivity index (χ2n) is 5.98. The molecule has 1 aliphatic heterocycles. The summed E-state index contributed by atoms with van der Waals surface area (Å²) in [5.41, 5.74) is 11.2. The zero-order chi connectivity index (χ0) is 19.0. The molecule has 1 heterocycles. The number of thiol groups is 2. The van der Waals surface area contributed by atoms with Gasteiger partial charge in [-0.2, -0.15) is 0 Å². The first-order valence-electron chi connectivity index (χ1n) is 8.11. The van der Waals surface area contributed by atoms with Gasteiger partial charge >= 0.3 is 0 Å². The first-order chi connectivity index (χ1) is 12.4. The van der Waals surface area contributed by atoms with Crippen LogP contribution in [0.1, 0.15) is 19.4 Å². The lowest BCUT2D eigenvalue weighted by atomic mass is 9.89. The molecule has 0 amide bonds. The SMILES string of the molecule is C=C/C=C(C)\C(=C/C)c1c2ccc(=N)c(S)c-2oc2c(S)c(N)ccc12. The third-order valence-electron chi connectivity index (χ3n) is 4.39. The number of nitrogens with two attached hydrogens (primary N) is 1. The average Bonchev–Trinajstić information content (AvgIpc) is 2.62. The molecule has 0 spiro atoms. The Morgan fingerprint density at radius 1 is 1.19 bits per heavy atom. The number of benzene rings is 2. The second kappa shape index (κ2) is 7.09. The Labute approximate surface area is 163 Å². The van der Waals surface area contributed by atoms with E-state index in [9.17, 15) is 0 Å². The molecule has 0 saturated heterocycles. The predicted octanol–water partition coefficient (Wildman–Crippen LogP) is 5.71. The number of fused-ring (bicyclic) bond motifs is 2. The van der Waals surface area contributed by atoms with Crippen LogP contribution in [-0.4, -0.2) is 0 Å². The van der Waals surface area contributed by atoms with Crippen LogP contribution in [0.5, 0.6) is 0 Å². The molecule has 0 unspecified atom stereocenters. The molecule has 2 aliphatic rings. The zero-order valence-corrected chi connectivity index (χ0v) is 16.4. The number of anilines is 1. The molecule has 1 aromatic carbocycles. The molecule has 1 aliphatic carbocycles. The summed E-state index contributed by atoms with van der Waals surface area (Å²) < 4.78 is 6.12. The van der Waals surface area contributed by atoms with E-state index in [1.54, 1.807) is 12.1 Å². The fourth-order valence-electron chi connectivity index (χ4n) is 3.13. The molecule has 0 atom stereocenters. The van der Waals surface area contributed by atoms with Crippen molar-refractivity contribution in [3.63, 3.8) is 0 Å². The predicted molar refractivity (Wildman–Crippen MR) is 115 cm³/mol. The van der Waals surface area contributed by atoms with Gasteiger partial charge in [-0.15, -0.1) is 25.3 Å². The van der Waals surface area contributed by atoms with Crippen molar-refractivity contribution in [2.45, 2.75) is 23.6 Å². The highest BCUT2D eigenvalue weighted by Crippen LogP contribution is 2.43. The lowest BCUT2D eigenvalue weighted by molar-refractivity contribution is 0.598. The number of rotatable bonds is 3. The topological polar surface area (TPSA) is 63.0 Å². The van der Waals surface area contributed by atoms with Gasteiger partial charge in [0.15, 0.2) is 11.3 Å². The van der Waals surface area contributed by atoms with Crippen LogP contribution < -0.4 is 11.1 Å². The van der Waals surface area contributed by atoms with Crippen LogP contribution in [0.25, 0.3) is 27.9 Å². The summed E-state index contributed by atoms with van der Waals surface area (Å²) in [6.45, 7) is 7.84. The summed E-state index contributed by atoms with van der Waals surface area (Å²) >= 11 is 9.05. The molecule has 0 bridgehead atoms. The average molecular weight is 381 g/mol. The second-order valence-corrected chi connectivity index (χ2v) is 6.88. The molecule has 5 heteroatoms. The van der Waals surface area contributed by atoms with E-state index in [-0.39, 0.29) is 0 Å². The molecule has 3 rings (SSSR count). The lowest BCUT2D eigenvalue weighted by Crippen LogP contribution is -2.06. The van der Waals surface area contributed by atoms with E-state index in [1.807, 2.05) is 38.1 Å². The minimum Gasteiger partial charge on any atom is -0.454 e. The smallest absolute Gasteiger partial charge is 0.150 e. The van der Waals surface area contributed by atoms with E-state index in [1.165, 1.54) is 0 Å². The molecule has 3 N–H and O–H groups in total. The van der Waals surface area contributed by atoms with Gasteiger partial charge in [0, 0.05) is 22.2 Å². The van der Waals surface area contributed by atoms with Crippen molar-refractivity contribution < 1.29 is 4.42 Å². The summed E-state index contributed by atoms with van der Waals surface area (Å²) in [5, 5.41) is 9.27. The molecular formula is C21H20N2OS2. The standard InChI is InChI=1S/C21H20N2OS2/c1-4-6-11(3)12(5-2)17-13-7-9-15(22)20(25)18(13)24-19-14(17)8-10-16(23)21(19)26/h4-10,22,25-26H,1,23H2,2-3H3/b11-6-,12-5+,22-15?. The molecule has 0 radical (unpaired) electrons. The van der Waals surface area contributed by atoms with Crippen molar-refractivity contribution in [2.75, 3.05) is 5.73 Å². The monoisotopic (exact) mass is 380 g/mol. The Balaban J connectivity index is 2.59. The number of nitrogen functional groups attached to an aromatic ring is 1. The molecule has 0 fully saturated rings. The fourth-order valence-corrected chi connectivity index (χ4v) is 3.61. The van der Waals surface area contributed by atoms with Crippen molar-refractivity contribution >= 4 is 47.5 Å². The highest BCUT2D eigenvalue weighted by atomic mass is 32.1. The molecule has 0 saturated carbocycles. The van der Waals surface area contributed by atoms with Gasteiger partial charge in [-0.05, 0) is 49.3 Å². The zero-order valence-electron chi connectivity index (χ0n) is 14.6. The van der Waals surface area contributed by atoms with Crippen LogP contribution in [0.15, 0.2) is 68.9 Å². The van der Waals surface area contributed by atoms with Gasteiger partial charge in [0.25, 0.3) is 0 Å². The Kier molecular flexibility index (Phi) is 5.03. The molecule has 1 aromatic rings. The molecule has 26 heavy (non-hydrogen) atoms. The highest BCUT2D eigenvalue weighted by Gasteiger charge is 2.22. The number of allylic oxidation sites excluding steroid dienone is 5. The maximum atomic E-state index is 8.06. The summed E-state index contributed by atoms with van der Waals surface area (Å²) in [7, 11) is 0. The third kappa shape index (κ3) is 2.87. The van der Waals surface area contributed by atoms with Crippen molar-refractivity contribution in [1.82, 2.24) is 0 Å².